The lowest BCUT2D eigenvalue weighted by atomic mass is 9.81. The van der Waals surface area contributed by atoms with Crippen molar-refractivity contribution >= 4 is 5.97 Å². The molecule has 0 aliphatic carbocycles. The largest absolute Gasteiger partial charge is 0.493 e. The molecule has 0 spiro atoms. The minimum atomic E-state index is -1.13. The van der Waals surface area contributed by atoms with E-state index in [1.54, 1.807) is 6.92 Å². The lowest BCUT2D eigenvalue weighted by molar-refractivity contribution is -0.155. The van der Waals surface area contributed by atoms with E-state index in [4.69, 9.17) is 9.47 Å². The maximum Gasteiger partial charge on any atom is 0.335 e. The third kappa shape index (κ3) is 2.34. The minimum absolute atomic E-state index is 0.0688. The first-order valence-corrected chi connectivity index (χ1v) is 6.21. The van der Waals surface area contributed by atoms with Crippen molar-refractivity contribution in [3.05, 3.63) is 29.8 Å². The van der Waals surface area contributed by atoms with Gasteiger partial charge in [0.1, 0.15) is 5.75 Å². The van der Waals surface area contributed by atoms with Crippen molar-refractivity contribution in [3.8, 4) is 5.75 Å². The smallest absolute Gasteiger partial charge is 0.335 e. The summed E-state index contributed by atoms with van der Waals surface area (Å²) >= 11 is 0. The Morgan fingerprint density at radius 3 is 3.00 bits per heavy atom. The molecule has 4 nitrogen and oxygen atoms in total. The molecule has 0 aromatic heterocycles. The Balaban J connectivity index is 2.28. The molecule has 1 aromatic rings. The second kappa shape index (κ2) is 5.40. The Bertz CT molecular complexity index is 430. The van der Waals surface area contributed by atoms with Crippen molar-refractivity contribution in [1.29, 1.82) is 0 Å². The van der Waals surface area contributed by atoms with Gasteiger partial charge in [-0.05, 0) is 13.0 Å². The van der Waals surface area contributed by atoms with E-state index in [2.05, 4.69) is 0 Å². The summed E-state index contributed by atoms with van der Waals surface area (Å²) in [6.07, 6.45) is -1.13. The van der Waals surface area contributed by atoms with E-state index < -0.39 is 12.1 Å². The van der Waals surface area contributed by atoms with Crippen molar-refractivity contribution in [3.63, 3.8) is 0 Å². The zero-order valence-corrected chi connectivity index (χ0v) is 10.6. The molecule has 0 bridgehead atoms. The average Bonchev–Trinajstić information content (AvgIpc) is 2.38. The monoisotopic (exact) mass is 250 g/mol. The van der Waals surface area contributed by atoms with E-state index in [1.807, 2.05) is 31.2 Å². The zero-order valence-electron chi connectivity index (χ0n) is 10.6. The highest BCUT2D eigenvalue weighted by molar-refractivity contribution is 5.76. The first-order valence-electron chi connectivity index (χ1n) is 6.21. The quantitative estimate of drug-likeness (QED) is 0.830. The third-order valence-electron chi connectivity index (χ3n) is 3.26. The third-order valence-corrected chi connectivity index (χ3v) is 3.26. The fraction of sp³-hybridized carbons (Fsp3) is 0.500. The summed E-state index contributed by atoms with van der Waals surface area (Å²) in [6, 6.07) is 7.50. The first kappa shape index (κ1) is 12.9. The number of rotatable bonds is 3. The number of para-hydroxylation sites is 1. The van der Waals surface area contributed by atoms with Gasteiger partial charge < -0.3 is 14.6 Å². The van der Waals surface area contributed by atoms with Gasteiger partial charge in [-0.2, -0.15) is 0 Å². The number of ether oxygens (including phenoxy) is 2. The van der Waals surface area contributed by atoms with Gasteiger partial charge in [-0.1, -0.05) is 25.1 Å². The summed E-state index contributed by atoms with van der Waals surface area (Å²) in [6.45, 7) is 4.46. The molecule has 1 heterocycles. The molecule has 1 aromatic carbocycles. The van der Waals surface area contributed by atoms with Gasteiger partial charge in [0, 0.05) is 17.4 Å². The standard InChI is InChI=1S/C14H18O4/c1-3-17-14(16)13(15)12-9(2)8-18-11-7-5-4-6-10(11)12/h4-7,9,12-13,15H,3,8H2,1-2H3. The number of carbonyl (C=O) groups is 1. The van der Waals surface area contributed by atoms with E-state index in [9.17, 15) is 9.90 Å². The molecule has 2 rings (SSSR count). The topological polar surface area (TPSA) is 55.8 Å². The number of aliphatic hydroxyl groups excluding tert-OH is 1. The fourth-order valence-corrected chi connectivity index (χ4v) is 2.37. The molecule has 98 valence electrons. The van der Waals surface area contributed by atoms with Crippen molar-refractivity contribution < 1.29 is 19.4 Å². The van der Waals surface area contributed by atoms with E-state index >= 15 is 0 Å². The fourth-order valence-electron chi connectivity index (χ4n) is 2.37. The summed E-state index contributed by atoms with van der Waals surface area (Å²) in [7, 11) is 0. The van der Waals surface area contributed by atoms with Crippen LogP contribution in [0.25, 0.3) is 0 Å². The molecule has 0 fully saturated rings. The average molecular weight is 250 g/mol. The predicted molar refractivity (Wildman–Crippen MR) is 66.5 cm³/mol. The highest BCUT2D eigenvalue weighted by atomic mass is 16.5. The summed E-state index contributed by atoms with van der Waals surface area (Å²) in [4.78, 5) is 11.7. The lowest BCUT2D eigenvalue weighted by Crippen LogP contribution is -2.37. The van der Waals surface area contributed by atoms with Crippen LogP contribution in [-0.2, 0) is 9.53 Å². The summed E-state index contributed by atoms with van der Waals surface area (Å²) < 4.78 is 10.5. The first-order chi connectivity index (χ1) is 8.65. The van der Waals surface area contributed by atoms with Gasteiger partial charge >= 0.3 is 5.97 Å². The van der Waals surface area contributed by atoms with Gasteiger partial charge in [-0.3, -0.25) is 0 Å². The summed E-state index contributed by atoms with van der Waals surface area (Å²) in [5.41, 5.74) is 0.872. The van der Waals surface area contributed by atoms with Gasteiger partial charge in [-0.25, -0.2) is 4.79 Å². The van der Waals surface area contributed by atoms with Crippen molar-refractivity contribution in [1.82, 2.24) is 0 Å². The van der Waals surface area contributed by atoms with Gasteiger partial charge in [-0.15, -0.1) is 0 Å². The second-order valence-electron chi connectivity index (χ2n) is 4.55. The molecule has 3 unspecified atom stereocenters. The highest BCUT2D eigenvalue weighted by Crippen LogP contribution is 2.39. The van der Waals surface area contributed by atoms with Crippen molar-refractivity contribution in [2.24, 2.45) is 5.92 Å². The van der Waals surface area contributed by atoms with Crippen LogP contribution in [-0.4, -0.2) is 30.4 Å². The molecule has 4 heteroatoms. The predicted octanol–water partition coefficient (Wildman–Crippen LogP) is 1.72. The van der Waals surface area contributed by atoms with Crippen molar-refractivity contribution in [2.75, 3.05) is 13.2 Å². The zero-order chi connectivity index (χ0) is 13.1. The molecule has 1 aliphatic heterocycles. The second-order valence-corrected chi connectivity index (χ2v) is 4.55. The Hall–Kier alpha value is -1.55. The molecule has 0 saturated carbocycles. The van der Waals surface area contributed by atoms with E-state index in [1.165, 1.54) is 0 Å². The Kier molecular flexibility index (Phi) is 3.87. The lowest BCUT2D eigenvalue weighted by Gasteiger charge is -2.33. The maximum atomic E-state index is 11.7. The summed E-state index contributed by atoms with van der Waals surface area (Å²) in [5, 5.41) is 10.2. The minimum Gasteiger partial charge on any atom is -0.493 e. The molecule has 0 saturated heterocycles. The van der Waals surface area contributed by atoms with Crippen LogP contribution in [0.2, 0.25) is 0 Å². The Morgan fingerprint density at radius 1 is 1.56 bits per heavy atom. The SMILES string of the molecule is CCOC(=O)C(O)C1c2ccccc2OCC1C. The van der Waals surface area contributed by atoms with Crippen LogP contribution in [0, 0.1) is 5.92 Å². The summed E-state index contributed by atoms with van der Waals surface area (Å²) in [5.74, 6) is -0.0247. The number of aliphatic hydroxyl groups is 1. The number of fused-ring (bicyclic) bond motifs is 1. The van der Waals surface area contributed by atoms with Crippen LogP contribution in [0.4, 0.5) is 0 Å². The van der Waals surface area contributed by atoms with Crippen LogP contribution in [0.3, 0.4) is 0 Å². The van der Waals surface area contributed by atoms with Crippen LogP contribution in [0.5, 0.6) is 5.75 Å². The Morgan fingerprint density at radius 2 is 2.28 bits per heavy atom. The van der Waals surface area contributed by atoms with E-state index in [0.29, 0.717) is 6.61 Å². The van der Waals surface area contributed by atoms with Crippen LogP contribution in [0.1, 0.15) is 25.3 Å². The van der Waals surface area contributed by atoms with Gasteiger partial charge in [0.25, 0.3) is 0 Å². The number of esters is 1. The molecular weight excluding hydrogens is 232 g/mol. The number of hydrogen-bond acceptors (Lipinski definition) is 4. The number of carbonyl (C=O) groups excluding carboxylic acids is 1. The number of benzene rings is 1. The van der Waals surface area contributed by atoms with Gasteiger partial charge in [0.05, 0.1) is 13.2 Å². The van der Waals surface area contributed by atoms with E-state index in [-0.39, 0.29) is 18.4 Å². The van der Waals surface area contributed by atoms with Gasteiger partial charge in [0.15, 0.2) is 6.10 Å². The molecule has 0 radical (unpaired) electrons. The van der Waals surface area contributed by atoms with Crippen LogP contribution in [0.15, 0.2) is 24.3 Å². The number of hydrogen-bond donors (Lipinski definition) is 1. The molecule has 1 aliphatic rings. The molecule has 18 heavy (non-hydrogen) atoms. The Labute approximate surface area is 107 Å². The van der Waals surface area contributed by atoms with Crippen molar-refractivity contribution in [2.45, 2.75) is 25.9 Å². The molecule has 1 N–H and O–H groups in total. The normalized spacial score (nSPS) is 23.7. The molecular formula is C14H18O4. The van der Waals surface area contributed by atoms with E-state index in [0.717, 1.165) is 11.3 Å². The van der Waals surface area contributed by atoms with Gasteiger partial charge in [0.2, 0.25) is 0 Å². The molecule has 0 amide bonds. The van der Waals surface area contributed by atoms with Crippen LogP contribution < -0.4 is 4.74 Å². The molecule has 3 atom stereocenters. The van der Waals surface area contributed by atoms with Crippen LogP contribution >= 0.6 is 0 Å². The highest BCUT2D eigenvalue weighted by Gasteiger charge is 2.37. The maximum absolute atomic E-state index is 11.7.